The van der Waals surface area contributed by atoms with Crippen molar-refractivity contribution >= 4 is 23.4 Å². The average molecular weight is 420 g/mol. The lowest BCUT2D eigenvalue weighted by molar-refractivity contribution is 0.0954. The molecule has 3 aromatic carbocycles. The van der Waals surface area contributed by atoms with Crippen molar-refractivity contribution in [3.63, 3.8) is 0 Å². The first-order valence-corrected chi connectivity index (χ1v) is 9.38. The third kappa shape index (κ3) is 3.60. The fourth-order valence-corrected chi connectivity index (χ4v) is 3.43. The molecule has 0 spiro atoms. The maximum absolute atomic E-state index is 13.0. The molecule has 148 valence electrons. The van der Waals surface area contributed by atoms with E-state index in [1.807, 2.05) is 6.07 Å². The zero-order chi connectivity index (χ0) is 21.3. The molecule has 0 fully saturated rings. The van der Waals surface area contributed by atoms with E-state index in [0.717, 1.165) is 5.56 Å². The monoisotopic (exact) mass is 419 g/mol. The topological polar surface area (TPSA) is 78.0 Å². The van der Waals surface area contributed by atoms with E-state index in [9.17, 15) is 14.0 Å². The molecule has 1 aromatic heterocycles. The third-order valence-corrected chi connectivity index (χ3v) is 4.92. The number of benzene rings is 3. The second kappa shape index (κ2) is 7.93. The lowest BCUT2D eigenvalue weighted by Crippen LogP contribution is -2.09. The second-order valence-corrected chi connectivity index (χ2v) is 6.94. The van der Waals surface area contributed by atoms with Crippen LogP contribution in [0, 0.1) is 5.82 Å². The van der Waals surface area contributed by atoms with Crippen LogP contribution in [0.4, 0.5) is 4.39 Å². The molecule has 2 heterocycles. The highest BCUT2D eigenvalue weighted by atomic mass is 35.5. The molecular weight excluding hydrogens is 405 g/mol. The second-order valence-electron chi connectivity index (χ2n) is 6.53. The standard InChI is InChI=1S/C16H8ClFN2O.C7H7NO/c17-12-3-1-2-11-15(12)14-8-13(19-20(14)16(11)21)9-4-6-10(18)7-5-9;8-7(9)6-4-2-1-3-5-6/h1-8H;1-5H,(H2,8,9). The molecule has 0 saturated carbocycles. The summed E-state index contributed by atoms with van der Waals surface area (Å²) in [5.41, 5.74) is 8.81. The molecule has 1 aliphatic rings. The fraction of sp³-hybridized carbons (Fsp3) is 0. The van der Waals surface area contributed by atoms with E-state index in [-0.39, 0.29) is 17.6 Å². The molecule has 30 heavy (non-hydrogen) atoms. The summed E-state index contributed by atoms with van der Waals surface area (Å²) in [6.07, 6.45) is 0. The van der Waals surface area contributed by atoms with Gasteiger partial charge in [0.1, 0.15) is 5.82 Å². The summed E-state index contributed by atoms with van der Waals surface area (Å²) >= 11 is 6.20. The van der Waals surface area contributed by atoms with Crippen LogP contribution in [0.2, 0.25) is 5.02 Å². The molecule has 0 radical (unpaired) electrons. The molecule has 1 amide bonds. The Labute approximate surface area is 176 Å². The maximum Gasteiger partial charge on any atom is 0.279 e. The predicted molar refractivity (Wildman–Crippen MR) is 113 cm³/mol. The largest absolute Gasteiger partial charge is 0.366 e. The van der Waals surface area contributed by atoms with Crippen LogP contribution in [-0.2, 0) is 0 Å². The summed E-state index contributed by atoms with van der Waals surface area (Å²) in [6.45, 7) is 0. The minimum absolute atomic E-state index is 0.198. The summed E-state index contributed by atoms with van der Waals surface area (Å²) in [4.78, 5) is 22.7. The Morgan fingerprint density at radius 3 is 2.30 bits per heavy atom. The summed E-state index contributed by atoms with van der Waals surface area (Å²) < 4.78 is 14.3. The van der Waals surface area contributed by atoms with Crippen molar-refractivity contribution < 1.29 is 14.0 Å². The Balaban J connectivity index is 0.000000204. The number of nitrogens with zero attached hydrogens (tertiary/aromatic N) is 2. The molecule has 1 aliphatic heterocycles. The van der Waals surface area contributed by atoms with E-state index >= 15 is 0 Å². The summed E-state index contributed by atoms with van der Waals surface area (Å²) in [6, 6.07) is 21.8. The molecule has 4 aromatic rings. The maximum atomic E-state index is 13.0. The fourth-order valence-electron chi connectivity index (χ4n) is 3.15. The Hall–Kier alpha value is -3.77. The summed E-state index contributed by atoms with van der Waals surface area (Å²) in [5.74, 6) is -0.888. The molecule has 0 unspecified atom stereocenters. The Morgan fingerprint density at radius 2 is 1.67 bits per heavy atom. The van der Waals surface area contributed by atoms with Gasteiger partial charge in [-0.3, -0.25) is 9.59 Å². The van der Waals surface area contributed by atoms with E-state index < -0.39 is 0 Å². The van der Waals surface area contributed by atoms with Gasteiger partial charge in [0.05, 0.1) is 22.0 Å². The van der Waals surface area contributed by atoms with Gasteiger partial charge in [-0.15, -0.1) is 0 Å². The van der Waals surface area contributed by atoms with Crippen LogP contribution < -0.4 is 5.73 Å². The van der Waals surface area contributed by atoms with Crippen molar-refractivity contribution in [1.82, 2.24) is 9.78 Å². The summed E-state index contributed by atoms with van der Waals surface area (Å²) in [7, 11) is 0. The van der Waals surface area contributed by atoms with Gasteiger partial charge in [-0.1, -0.05) is 35.9 Å². The third-order valence-electron chi connectivity index (χ3n) is 4.60. The number of hydrogen-bond acceptors (Lipinski definition) is 3. The Morgan fingerprint density at radius 1 is 0.967 bits per heavy atom. The van der Waals surface area contributed by atoms with Crippen LogP contribution in [0.3, 0.4) is 0 Å². The normalized spacial score (nSPS) is 11.3. The Kier molecular flexibility index (Phi) is 5.16. The van der Waals surface area contributed by atoms with Crippen molar-refractivity contribution in [3.8, 4) is 22.5 Å². The highest BCUT2D eigenvalue weighted by Crippen LogP contribution is 2.38. The van der Waals surface area contributed by atoms with Crippen molar-refractivity contribution in [1.29, 1.82) is 0 Å². The number of fused-ring (bicyclic) bond motifs is 3. The van der Waals surface area contributed by atoms with Gasteiger partial charge in [-0.2, -0.15) is 9.78 Å². The number of aromatic nitrogens is 2. The number of carbonyl (C=O) groups is 2. The number of carbonyl (C=O) groups excluding carboxylic acids is 2. The van der Waals surface area contributed by atoms with Gasteiger partial charge >= 0.3 is 0 Å². The van der Waals surface area contributed by atoms with E-state index in [1.165, 1.54) is 16.8 Å². The summed E-state index contributed by atoms with van der Waals surface area (Å²) in [5, 5.41) is 4.83. The number of hydrogen-bond donors (Lipinski definition) is 1. The van der Waals surface area contributed by atoms with E-state index in [2.05, 4.69) is 5.10 Å². The van der Waals surface area contributed by atoms with Crippen molar-refractivity contribution in [2.24, 2.45) is 5.73 Å². The van der Waals surface area contributed by atoms with Gasteiger partial charge in [0.15, 0.2) is 0 Å². The van der Waals surface area contributed by atoms with Gasteiger partial charge in [-0.25, -0.2) is 4.39 Å². The van der Waals surface area contributed by atoms with Crippen LogP contribution >= 0.6 is 11.6 Å². The smallest absolute Gasteiger partial charge is 0.279 e. The van der Waals surface area contributed by atoms with Crippen LogP contribution in [0.1, 0.15) is 20.7 Å². The lowest BCUT2D eigenvalue weighted by atomic mass is 10.1. The number of amides is 1. The molecule has 7 heteroatoms. The van der Waals surface area contributed by atoms with E-state index in [1.54, 1.807) is 60.7 Å². The van der Waals surface area contributed by atoms with Crippen molar-refractivity contribution in [2.45, 2.75) is 0 Å². The molecule has 0 saturated heterocycles. The molecule has 0 aliphatic carbocycles. The highest BCUT2D eigenvalue weighted by molar-refractivity contribution is 6.35. The molecule has 5 nitrogen and oxygen atoms in total. The number of rotatable bonds is 2. The van der Waals surface area contributed by atoms with Crippen molar-refractivity contribution in [2.75, 3.05) is 0 Å². The zero-order valence-electron chi connectivity index (χ0n) is 15.5. The average Bonchev–Trinajstić information content (AvgIpc) is 3.29. The van der Waals surface area contributed by atoms with Gasteiger partial charge < -0.3 is 5.73 Å². The van der Waals surface area contributed by atoms with Crippen LogP contribution in [-0.4, -0.2) is 21.6 Å². The van der Waals surface area contributed by atoms with Crippen LogP contribution in [0.5, 0.6) is 0 Å². The highest BCUT2D eigenvalue weighted by Gasteiger charge is 2.30. The lowest BCUT2D eigenvalue weighted by Gasteiger charge is -1.99. The van der Waals surface area contributed by atoms with Crippen LogP contribution in [0.15, 0.2) is 78.9 Å². The van der Waals surface area contributed by atoms with Gasteiger partial charge in [0.2, 0.25) is 5.91 Å². The minimum Gasteiger partial charge on any atom is -0.366 e. The first-order valence-electron chi connectivity index (χ1n) is 9.00. The zero-order valence-corrected chi connectivity index (χ0v) is 16.3. The van der Waals surface area contributed by atoms with E-state index in [4.69, 9.17) is 17.3 Å². The molecular formula is C23H15ClFN3O2. The molecule has 0 atom stereocenters. The number of nitrogens with two attached hydrogens (primary N) is 1. The Bertz CT molecular complexity index is 1250. The van der Waals surface area contributed by atoms with Gasteiger partial charge in [0.25, 0.3) is 5.91 Å². The van der Waals surface area contributed by atoms with Crippen LogP contribution in [0.25, 0.3) is 22.5 Å². The quantitative estimate of drug-likeness (QED) is 0.446. The predicted octanol–water partition coefficient (Wildman–Crippen LogP) is 4.80. The molecule has 0 bridgehead atoms. The number of primary amides is 1. The first kappa shape index (κ1) is 19.5. The molecule has 5 rings (SSSR count). The number of halogens is 2. The van der Waals surface area contributed by atoms with Gasteiger partial charge in [0, 0.05) is 16.7 Å². The van der Waals surface area contributed by atoms with Crippen molar-refractivity contribution in [3.05, 3.63) is 101 Å². The van der Waals surface area contributed by atoms with Gasteiger partial charge in [-0.05, 0) is 54.6 Å². The SMILES string of the molecule is NC(=O)c1ccccc1.O=C1c2cccc(Cl)c2-c2cc(-c3ccc(F)cc3)nn21. The minimum atomic E-state index is -0.379. The van der Waals surface area contributed by atoms with E-state index in [0.29, 0.717) is 33.1 Å². The first-order chi connectivity index (χ1) is 14.5. The molecule has 2 N–H and O–H groups in total.